The van der Waals surface area contributed by atoms with E-state index in [1.807, 2.05) is 0 Å². The lowest BCUT2D eigenvalue weighted by atomic mass is 10.0. The molecule has 0 fully saturated rings. The molecule has 0 amide bonds. The Morgan fingerprint density at radius 2 is 1.73 bits per heavy atom. The number of rotatable bonds is 3. The second-order valence-corrected chi connectivity index (χ2v) is 6.37. The first-order valence-corrected chi connectivity index (χ1v) is 6.24. The van der Waals surface area contributed by atoms with Crippen LogP contribution < -0.4 is 5.30 Å². The molecule has 0 heterocycles. The van der Waals surface area contributed by atoms with Crippen molar-refractivity contribution >= 4 is 13.9 Å². The first-order valence-electron chi connectivity index (χ1n) is 5.24. The average Bonchev–Trinajstić information content (AvgIpc) is 2.71. The van der Waals surface area contributed by atoms with Crippen LogP contribution in [0.15, 0.2) is 54.1 Å². The average molecular weight is 215 g/mol. The molecule has 0 N–H and O–H groups in total. The fourth-order valence-electron chi connectivity index (χ4n) is 1.75. The minimum absolute atomic E-state index is 0.255. The smallest absolute Gasteiger partial charge is 0.00927 e. The lowest BCUT2D eigenvalue weighted by Crippen LogP contribution is -2.19. The molecule has 1 atom stereocenters. The molecule has 0 saturated carbocycles. The van der Waals surface area contributed by atoms with Gasteiger partial charge in [-0.1, -0.05) is 76.6 Å². The maximum absolute atomic E-state index is 2.31. The van der Waals surface area contributed by atoms with E-state index in [-0.39, 0.29) is 5.16 Å². The Labute approximate surface area is 93.9 Å². The molecule has 0 aliphatic heterocycles. The maximum atomic E-state index is 2.31. The summed E-state index contributed by atoms with van der Waals surface area (Å²) >= 11 is 0. The Balaban J connectivity index is 2.11. The van der Waals surface area contributed by atoms with Gasteiger partial charge in [-0.2, -0.15) is 0 Å². The first kappa shape index (κ1) is 10.6. The van der Waals surface area contributed by atoms with Crippen molar-refractivity contribution in [1.82, 2.24) is 0 Å². The minimum Gasteiger partial charge on any atom is -0.0804 e. The molecule has 1 aliphatic carbocycles. The van der Waals surface area contributed by atoms with E-state index in [4.69, 9.17) is 0 Å². The lowest BCUT2D eigenvalue weighted by molar-refractivity contribution is 0.845. The molecule has 1 aromatic rings. The van der Waals surface area contributed by atoms with Crippen LogP contribution in [0.25, 0.3) is 0 Å². The van der Waals surface area contributed by atoms with E-state index in [0.29, 0.717) is 0 Å². The van der Waals surface area contributed by atoms with E-state index in [1.165, 1.54) is 10.9 Å². The van der Waals surface area contributed by atoms with Crippen LogP contribution in [0.3, 0.4) is 0 Å². The number of hydrogen-bond acceptors (Lipinski definition) is 0. The standard InChI is InChI=1S/C14H16P/c1-14(2,12-8-6-7-9-12)15-13-10-4-3-5-11-13/h3-11,15H,1-2H3. The van der Waals surface area contributed by atoms with Crippen molar-refractivity contribution in [1.29, 1.82) is 0 Å². The normalized spacial score (nSPS) is 16.3. The molecule has 1 aliphatic rings. The highest BCUT2D eigenvalue weighted by atomic mass is 31.1. The van der Waals surface area contributed by atoms with Crippen LogP contribution in [0.4, 0.5) is 0 Å². The fourth-order valence-corrected chi connectivity index (χ4v) is 3.14. The molecule has 77 valence electrons. The van der Waals surface area contributed by atoms with Crippen LogP contribution in [-0.2, 0) is 0 Å². The SMILES string of the molecule is CC(C)(Pc1ccccc1)C1=CC=C[CH]1. The maximum Gasteiger partial charge on any atom is 0.00927 e. The van der Waals surface area contributed by atoms with Crippen LogP contribution in [0.1, 0.15) is 13.8 Å². The molecule has 0 aromatic heterocycles. The quantitative estimate of drug-likeness (QED) is 0.677. The van der Waals surface area contributed by atoms with Crippen LogP contribution in [0.2, 0.25) is 0 Å². The second kappa shape index (κ2) is 4.33. The largest absolute Gasteiger partial charge is 0.0804 e. The molecule has 0 bridgehead atoms. The van der Waals surface area contributed by atoms with Gasteiger partial charge in [-0.05, 0) is 5.30 Å². The van der Waals surface area contributed by atoms with Gasteiger partial charge in [0.05, 0.1) is 0 Å². The van der Waals surface area contributed by atoms with Gasteiger partial charge in [0.1, 0.15) is 0 Å². The highest BCUT2D eigenvalue weighted by molar-refractivity contribution is 7.49. The van der Waals surface area contributed by atoms with Gasteiger partial charge in [-0.25, -0.2) is 0 Å². The van der Waals surface area contributed by atoms with Gasteiger partial charge in [0, 0.05) is 11.6 Å². The molecule has 0 spiro atoms. The van der Waals surface area contributed by atoms with Gasteiger partial charge in [-0.3, -0.25) is 0 Å². The molecule has 2 rings (SSSR count). The summed E-state index contributed by atoms with van der Waals surface area (Å²) in [5.74, 6) is 0. The number of allylic oxidation sites excluding steroid dienone is 4. The van der Waals surface area contributed by atoms with E-state index in [1.54, 1.807) is 0 Å². The van der Waals surface area contributed by atoms with Crippen molar-refractivity contribution in [2.45, 2.75) is 19.0 Å². The summed E-state index contributed by atoms with van der Waals surface area (Å²) in [4.78, 5) is 0. The van der Waals surface area contributed by atoms with Gasteiger partial charge < -0.3 is 0 Å². The third kappa shape index (κ3) is 2.58. The second-order valence-electron chi connectivity index (χ2n) is 4.29. The summed E-state index contributed by atoms with van der Waals surface area (Å²) in [7, 11) is 0.826. The van der Waals surface area contributed by atoms with Crippen LogP contribution in [0.5, 0.6) is 0 Å². The summed E-state index contributed by atoms with van der Waals surface area (Å²) in [6, 6.07) is 10.7. The predicted octanol–water partition coefficient (Wildman–Crippen LogP) is 3.47. The third-order valence-electron chi connectivity index (χ3n) is 2.61. The summed E-state index contributed by atoms with van der Waals surface area (Å²) in [6.07, 6.45) is 8.67. The Hall–Kier alpha value is -0.870. The zero-order valence-electron chi connectivity index (χ0n) is 9.20. The Morgan fingerprint density at radius 1 is 1.00 bits per heavy atom. The van der Waals surface area contributed by atoms with Crippen molar-refractivity contribution in [2.24, 2.45) is 0 Å². The summed E-state index contributed by atoms with van der Waals surface area (Å²) in [5, 5.41) is 1.69. The molecule has 1 radical (unpaired) electrons. The Kier molecular flexibility index (Phi) is 3.07. The topological polar surface area (TPSA) is 0 Å². The molecular formula is C14H16P. The van der Waals surface area contributed by atoms with E-state index < -0.39 is 0 Å². The van der Waals surface area contributed by atoms with E-state index >= 15 is 0 Å². The molecule has 0 nitrogen and oxygen atoms in total. The molecule has 1 aromatic carbocycles. The van der Waals surface area contributed by atoms with Gasteiger partial charge in [0.15, 0.2) is 0 Å². The molecule has 15 heavy (non-hydrogen) atoms. The summed E-state index contributed by atoms with van der Waals surface area (Å²) in [5.41, 5.74) is 1.43. The summed E-state index contributed by atoms with van der Waals surface area (Å²) in [6.45, 7) is 4.63. The summed E-state index contributed by atoms with van der Waals surface area (Å²) < 4.78 is 0. The van der Waals surface area contributed by atoms with Gasteiger partial charge in [0.25, 0.3) is 0 Å². The van der Waals surface area contributed by atoms with Crippen molar-refractivity contribution in [3.63, 3.8) is 0 Å². The van der Waals surface area contributed by atoms with Crippen molar-refractivity contribution in [2.75, 3.05) is 0 Å². The number of benzene rings is 1. The van der Waals surface area contributed by atoms with Gasteiger partial charge in [-0.15, -0.1) is 0 Å². The van der Waals surface area contributed by atoms with Crippen LogP contribution in [-0.4, -0.2) is 5.16 Å². The Bertz CT molecular complexity index is 385. The van der Waals surface area contributed by atoms with Crippen molar-refractivity contribution in [3.8, 4) is 0 Å². The molecular weight excluding hydrogens is 199 g/mol. The zero-order valence-corrected chi connectivity index (χ0v) is 10.2. The van der Waals surface area contributed by atoms with Gasteiger partial charge >= 0.3 is 0 Å². The number of hydrogen-bond donors (Lipinski definition) is 0. The highest BCUT2D eigenvalue weighted by Gasteiger charge is 2.23. The molecule has 1 unspecified atom stereocenters. The van der Waals surface area contributed by atoms with E-state index in [2.05, 4.69) is 68.8 Å². The minimum atomic E-state index is 0.255. The first-order chi connectivity index (χ1) is 7.18. The lowest BCUT2D eigenvalue weighted by Gasteiger charge is -2.26. The predicted molar refractivity (Wildman–Crippen MR) is 70.0 cm³/mol. The monoisotopic (exact) mass is 215 g/mol. The molecule has 1 heteroatoms. The van der Waals surface area contributed by atoms with Crippen LogP contribution >= 0.6 is 8.58 Å². The Morgan fingerprint density at radius 3 is 2.33 bits per heavy atom. The van der Waals surface area contributed by atoms with E-state index in [9.17, 15) is 0 Å². The van der Waals surface area contributed by atoms with E-state index in [0.717, 1.165) is 8.58 Å². The fraction of sp³-hybridized carbons (Fsp3) is 0.214. The highest BCUT2D eigenvalue weighted by Crippen LogP contribution is 2.39. The van der Waals surface area contributed by atoms with Crippen molar-refractivity contribution < 1.29 is 0 Å². The van der Waals surface area contributed by atoms with Gasteiger partial charge in [0.2, 0.25) is 0 Å². The van der Waals surface area contributed by atoms with Crippen molar-refractivity contribution in [3.05, 3.63) is 60.6 Å². The zero-order chi connectivity index (χ0) is 10.7. The molecule has 0 saturated heterocycles. The van der Waals surface area contributed by atoms with Crippen LogP contribution in [0, 0.1) is 6.42 Å². The third-order valence-corrected chi connectivity index (χ3v) is 4.15.